The highest BCUT2D eigenvalue weighted by atomic mass is 31.1. The van der Waals surface area contributed by atoms with Gasteiger partial charge < -0.3 is 14.4 Å². The Morgan fingerprint density at radius 3 is 2.00 bits per heavy atom. The first-order valence-corrected chi connectivity index (χ1v) is 4.68. The Bertz CT molecular complexity index is 124. The Labute approximate surface area is 67.4 Å². The largest absolute Gasteiger partial charge is 0.595 e. The molecule has 0 aromatic heterocycles. The molecular formula is C6H13O4P. The van der Waals surface area contributed by atoms with E-state index in [4.69, 9.17) is 9.47 Å². The first-order chi connectivity index (χ1) is 5.10. The van der Waals surface area contributed by atoms with Gasteiger partial charge in [0.25, 0.3) is 0 Å². The van der Waals surface area contributed by atoms with Gasteiger partial charge in [0.15, 0.2) is 6.16 Å². The fourth-order valence-corrected chi connectivity index (χ4v) is 1.68. The Morgan fingerprint density at radius 2 is 1.91 bits per heavy atom. The van der Waals surface area contributed by atoms with E-state index in [0.717, 1.165) is 0 Å². The summed E-state index contributed by atoms with van der Waals surface area (Å²) in [7, 11) is 0.417. The van der Waals surface area contributed by atoms with Gasteiger partial charge in [-0.15, -0.1) is 0 Å². The highest BCUT2D eigenvalue weighted by molar-refractivity contribution is 7.36. The van der Waals surface area contributed by atoms with E-state index in [0.29, 0.717) is 6.42 Å². The van der Waals surface area contributed by atoms with Crippen molar-refractivity contribution in [2.24, 2.45) is 0 Å². The molecule has 0 fully saturated rings. The first kappa shape index (κ1) is 11.0. The minimum absolute atomic E-state index is 0.0914. The van der Waals surface area contributed by atoms with Gasteiger partial charge in [-0.25, -0.2) is 0 Å². The maximum atomic E-state index is 10.4. The molecule has 0 radical (unpaired) electrons. The third kappa shape index (κ3) is 3.25. The molecular weight excluding hydrogens is 167 g/mol. The molecule has 0 aromatic carbocycles. The lowest BCUT2D eigenvalue weighted by Crippen LogP contribution is -2.36. The molecule has 66 valence electrons. The zero-order valence-electron chi connectivity index (χ0n) is 6.99. The predicted octanol–water partition coefficient (Wildman–Crippen LogP) is 0.488. The minimum Gasteiger partial charge on any atom is -0.595 e. The molecule has 0 saturated heterocycles. The molecule has 0 heterocycles. The third-order valence-electron chi connectivity index (χ3n) is 1.65. The van der Waals surface area contributed by atoms with Crippen molar-refractivity contribution in [1.29, 1.82) is 0 Å². The van der Waals surface area contributed by atoms with Crippen LogP contribution in [0.4, 0.5) is 0 Å². The van der Waals surface area contributed by atoms with Crippen LogP contribution in [0.3, 0.4) is 0 Å². The van der Waals surface area contributed by atoms with Gasteiger partial charge in [-0.1, -0.05) is 11.5 Å². The van der Waals surface area contributed by atoms with Crippen molar-refractivity contribution in [2.45, 2.75) is 19.1 Å². The molecule has 11 heavy (non-hydrogen) atoms. The summed E-state index contributed by atoms with van der Waals surface area (Å²) in [6, 6.07) is 0. The van der Waals surface area contributed by atoms with Gasteiger partial charge in [-0.3, -0.25) is 0 Å². The van der Waals surface area contributed by atoms with Crippen LogP contribution >= 0.6 is 8.03 Å². The monoisotopic (exact) mass is 180 g/mol. The summed E-state index contributed by atoms with van der Waals surface area (Å²) < 4.78 is 20.3. The molecule has 0 rings (SSSR count). The second kappa shape index (κ2) is 4.78. The molecule has 0 saturated carbocycles. The van der Waals surface area contributed by atoms with Crippen LogP contribution < -0.4 is 4.89 Å². The van der Waals surface area contributed by atoms with Crippen LogP contribution in [0.15, 0.2) is 0 Å². The fourth-order valence-electron chi connectivity index (χ4n) is 0.810. The zero-order valence-corrected chi connectivity index (χ0v) is 7.89. The van der Waals surface area contributed by atoms with Crippen molar-refractivity contribution < 1.29 is 18.9 Å². The Hall–Kier alpha value is -0.0200. The van der Waals surface area contributed by atoms with Crippen molar-refractivity contribution in [3.63, 3.8) is 0 Å². The van der Waals surface area contributed by atoms with Gasteiger partial charge in [0.1, 0.15) is 0 Å². The number of rotatable bonds is 5. The summed E-state index contributed by atoms with van der Waals surface area (Å²) in [6.07, 6.45) is 0.426. The summed E-state index contributed by atoms with van der Waals surface area (Å²) in [5, 5.41) is 0. The van der Waals surface area contributed by atoms with E-state index in [1.807, 2.05) is 6.92 Å². The van der Waals surface area contributed by atoms with E-state index >= 15 is 0 Å². The predicted molar refractivity (Wildman–Crippen MR) is 39.5 cm³/mol. The molecule has 0 spiro atoms. The molecule has 0 aliphatic rings. The summed E-state index contributed by atoms with van der Waals surface area (Å²) in [5.74, 6) is -0.949. The average molecular weight is 180 g/mol. The molecule has 0 N–H and O–H groups in total. The molecule has 0 aromatic rings. The normalized spacial score (nSPS) is 13.3. The number of methoxy groups -OCH3 is 2. The SMILES string of the molecule is CCC(C[P+](=O)[O-])(OC)OC. The number of hydrogen-bond donors (Lipinski definition) is 0. The van der Waals surface area contributed by atoms with E-state index in [1.165, 1.54) is 14.2 Å². The molecule has 4 nitrogen and oxygen atoms in total. The molecule has 1 atom stereocenters. The fraction of sp³-hybridized carbons (Fsp3) is 1.00. The van der Waals surface area contributed by atoms with Gasteiger partial charge in [0.2, 0.25) is 5.79 Å². The van der Waals surface area contributed by atoms with E-state index in [-0.39, 0.29) is 6.16 Å². The van der Waals surface area contributed by atoms with Gasteiger partial charge in [-0.05, 0) is 0 Å². The van der Waals surface area contributed by atoms with Gasteiger partial charge in [0.05, 0.1) is 0 Å². The van der Waals surface area contributed by atoms with Crippen LogP contribution in [0, 0.1) is 0 Å². The van der Waals surface area contributed by atoms with E-state index in [1.54, 1.807) is 0 Å². The smallest absolute Gasteiger partial charge is 0.314 e. The molecule has 0 amide bonds. The van der Waals surface area contributed by atoms with Crippen LogP contribution in [-0.4, -0.2) is 26.2 Å². The van der Waals surface area contributed by atoms with Crippen LogP contribution in [0.1, 0.15) is 13.3 Å². The lowest BCUT2D eigenvalue weighted by molar-refractivity contribution is -0.206. The highest BCUT2D eigenvalue weighted by Crippen LogP contribution is 2.24. The number of ether oxygens (including phenoxy) is 2. The Balaban J connectivity index is 4.16. The van der Waals surface area contributed by atoms with Crippen LogP contribution in [0.25, 0.3) is 0 Å². The Morgan fingerprint density at radius 1 is 1.45 bits per heavy atom. The summed E-state index contributed by atoms with van der Waals surface area (Å²) in [4.78, 5) is 10.4. The standard InChI is InChI=1S/C6H13O4P/c1-4-6(9-2,10-3)5-11(7)8/h4-5H2,1-3H3. The zero-order chi connectivity index (χ0) is 8.91. The number of hydrogen-bond acceptors (Lipinski definition) is 4. The maximum absolute atomic E-state index is 10.4. The summed E-state index contributed by atoms with van der Waals surface area (Å²) in [5.41, 5.74) is 0. The minimum atomic E-state index is -2.46. The molecule has 0 bridgehead atoms. The van der Waals surface area contributed by atoms with Crippen molar-refractivity contribution in [3.05, 3.63) is 0 Å². The van der Waals surface area contributed by atoms with E-state index in [2.05, 4.69) is 0 Å². The van der Waals surface area contributed by atoms with Crippen LogP contribution in [0.2, 0.25) is 0 Å². The Kier molecular flexibility index (Phi) is 4.77. The molecule has 1 unspecified atom stereocenters. The summed E-state index contributed by atoms with van der Waals surface area (Å²) in [6.45, 7) is 1.81. The van der Waals surface area contributed by atoms with Crippen molar-refractivity contribution in [1.82, 2.24) is 0 Å². The summed E-state index contributed by atoms with van der Waals surface area (Å²) >= 11 is 0. The van der Waals surface area contributed by atoms with E-state index in [9.17, 15) is 9.46 Å². The highest BCUT2D eigenvalue weighted by Gasteiger charge is 2.33. The van der Waals surface area contributed by atoms with Crippen molar-refractivity contribution in [3.8, 4) is 0 Å². The molecule has 5 heteroatoms. The first-order valence-electron chi connectivity index (χ1n) is 3.32. The quantitative estimate of drug-likeness (QED) is 0.456. The van der Waals surface area contributed by atoms with Crippen molar-refractivity contribution in [2.75, 3.05) is 20.4 Å². The average Bonchev–Trinajstić information content (AvgIpc) is 2.00. The third-order valence-corrected chi connectivity index (χ3v) is 2.39. The van der Waals surface area contributed by atoms with Crippen LogP contribution in [0.5, 0.6) is 0 Å². The lowest BCUT2D eigenvalue weighted by Gasteiger charge is -2.25. The van der Waals surface area contributed by atoms with Gasteiger partial charge in [0, 0.05) is 20.6 Å². The van der Waals surface area contributed by atoms with Gasteiger partial charge >= 0.3 is 8.03 Å². The topological polar surface area (TPSA) is 58.6 Å². The van der Waals surface area contributed by atoms with Crippen LogP contribution in [-0.2, 0) is 14.0 Å². The molecule has 0 aliphatic carbocycles. The lowest BCUT2D eigenvalue weighted by atomic mass is 10.2. The van der Waals surface area contributed by atoms with E-state index < -0.39 is 13.8 Å². The second-order valence-electron chi connectivity index (χ2n) is 2.16. The van der Waals surface area contributed by atoms with Gasteiger partial charge in [-0.2, -0.15) is 0 Å². The molecule has 0 aliphatic heterocycles. The second-order valence-corrected chi connectivity index (χ2v) is 3.15. The maximum Gasteiger partial charge on any atom is 0.314 e. The van der Waals surface area contributed by atoms with Crippen molar-refractivity contribution >= 4 is 8.03 Å².